The summed E-state index contributed by atoms with van der Waals surface area (Å²) >= 11 is 11.9. The second-order valence-corrected chi connectivity index (χ2v) is 10.9. The van der Waals surface area contributed by atoms with Crippen LogP contribution >= 0.6 is 23.2 Å². The quantitative estimate of drug-likeness (QED) is 0.366. The second kappa shape index (κ2) is 9.36. The van der Waals surface area contributed by atoms with Gasteiger partial charge in [-0.2, -0.15) is 18.3 Å². The maximum Gasteiger partial charge on any atom is 0.435 e. The molecular formula is C26H25Cl2F3N4O2. The Morgan fingerprint density at radius 1 is 1.05 bits per heavy atom. The number of hydrogen-bond acceptors (Lipinski definition) is 4. The third-order valence-electron chi connectivity index (χ3n) is 6.03. The molecule has 6 nitrogen and oxygen atoms in total. The van der Waals surface area contributed by atoms with Crippen molar-refractivity contribution in [3.8, 4) is 0 Å². The number of amides is 1. The monoisotopic (exact) mass is 552 g/mol. The number of anilines is 1. The van der Waals surface area contributed by atoms with E-state index in [2.05, 4.69) is 15.6 Å². The highest BCUT2D eigenvalue weighted by Gasteiger charge is 2.62. The molecule has 4 rings (SSSR count). The van der Waals surface area contributed by atoms with Gasteiger partial charge in [-0.25, -0.2) is 4.68 Å². The van der Waals surface area contributed by atoms with E-state index >= 15 is 0 Å². The van der Waals surface area contributed by atoms with Crippen molar-refractivity contribution in [3.05, 3.63) is 80.5 Å². The fourth-order valence-corrected chi connectivity index (χ4v) is 4.75. The molecular weight excluding hydrogens is 528 g/mol. The van der Waals surface area contributed by atoms with Gasteiger partial charge in [-0.3, -0.25) is 4.79 Å². The first-order valence-corrected chi connectivity index (χ1v) is 12.1. The topological polar surface area (TPSA) is 68.5 Å². The minimum absolute atomic E-state index is 0.0531. The van der Waals surface area contributed by atoms with Gasteiger partial charge in [0.2, 0.25) is 0 Å². The lowest BCUT2D eigenvalue weighted by Crippen LogP contribution is -2.42. The Morgan fingerprint density at radius 2 is 1.70 bits per heavy atom. The van der Waals surface area contributed by atoms with E-state index in [9.17, 15) is 18.0 Å². The fourth-order valence-electron chi connectivity index (χ4n) is 4.23. The van der Waals surface area contributed by atoms with E-state index in [0.29, 0.717) is 22.5 Å². The van der Waals surface area contributed by atoms with Crippen molar-refractivity contribution in [2.24, 2.45) is 5.16 Å². The number of benzene rings is 2. The van der Waals surface area contributed by atoms with Gasteiger partial charge in [0, 0.05) is 33.7 Å². The molecule has 0 radical (unpaired) electrons. The van der Waals surface area contributed by atoms with Crippen LogP contribution in [0.25, 0.3) is 0 Å². The number of nitrogens with one attached hydrogen (secondary N) is 1. The van der Waals surface area contributed by atoms with E-state index in [1.165, 1.54) is 18.2 Å². The lowest BCUT2D eigenvalue weighted by atomic mass is 9.86. The van der Waals surface area contributed by atoms with Crippen LogP contribution in [0.15, 0.2) is 47.6 Å². The molecule has 1 N–H and O–H groups in total. The first kappa shape index (κ1) is 27.0. The largest absolute Gasteiger partial charge is 0.435 e. The maximum absolute atomic E-state index is 14.3. The van der Waals surface area contributed by atoms with Crippen molar-refractivity contribution in [1.29, 1.82) is 0 Å². The minimum atomic E-state index is -4.80. The van der Waals surface area contributed by atoms with E-state index in [1.807, 2.05) is 27.7 Å². The van der Waals surface area contributed by atoms with Crippen LogP contribution in [0.5, 0.6) is 0 Å². The molecule has 1 unspecified atom stereocenters. The summed E-state index contributed by atoms with van der Waals surface area (Å²) in [7, 11) is 0. The van der Waals surface area contributed by atoms with Crippen molar-refractivity contribution in [1.82, 2.24) is 9.78 Å². The van der Waals surface area contributed by atoms with Gasteiger partial charge in [-0.1, -0.05) is 34.4 Å². The Labute approximate surface area is 222 Å². The number of rotatable bonds is 4. The SMILES string of the molecule is Cc1cc(NC(=O)c2ccc(C3=NOC(c4cc(Cl)cc(Cl)c4)(C(F)(F)F)C3)cc2C)n(C(C)(C)C)n1. The highest BCUT2D eigenvalue weighted by Crippen LogP contribution is 2.49. The van der Waals surface area contributed by atoms with Crippen molar-refractivity contribution >= 4 is 40.6 Å². The smallest absolute Gasteiger partial charge is 0.374 e. The maximum atomic E-state index is 14.3. The summed E-state index contributed by atoms with van der Waals surface area (Å²) in [6, 6.07) is 10.2. The van der Waals surface area contributed by atoms with Crippen LogP contribution in [0.3, 0.4) is 0 Å². The van der Waals surface area contributed by atoms with E-state index in [1.54, 1.807) is 35.9 Å². The average Bonchev–Trinajstić information content (AvgIpc) is 3.37. The van der Waals surface area contributed by atoms with Crippen molar-refractivity contribution in [2.45, 2.75) is 58.4 Å². The molecule has 1 aliphatic rings. The molecule has 1 atom stereocenters. The third-order valence-corrected chi connectivity index (χ3v) is 6.46. The van der Waals surface area contributed by atoms with Gasteiger partial charge >= 0.3 is 6.18 Å². The van der Waals surface area contributed by atoms with Crippen LogP contribution in [0.1, 0.15) is 59.9 Å². The number of aromatic nitrogens is 2. The Balaban J connectivity index is 1.61. The van der Waals surface area contributed by atoms with Crippen LogP contribution in [0, 0.1) is 13.8 Å². The second-order valence-electron chi connectivity index (χ2n) is 10.0. The van der Waals surface area contributed by atoms with Crippen LogP contribution in [0.4, 0.5) is 19.0 Å². The van der Waals surface area contributed by atoms with Crippen LogP contribution in [0.2, 0.25) is 10.0 Å². The van der Waals surface area contributed by atoms with Gasteiger partial charge in [0.25, 0.3) is 11.5 Å². The first-order valence-electron chi connectivity index (χ1n) is 11.4. The first-order chi connectivity index (χ1) is 17.1. The number of carbonyl (C=O) groups is 1. The molecule has 37 heavy (non-hydrogen) atoms. The summed E-state index contributed by atoms with van der Waals surface area (Å²) in [4.78, 5) is 18.1. The number of aryl methyl sites for hydroxylation is 2. The summed E-state index contributed by atoms with van der Waals surface area (Å²) in [6.45, 7) is 9.45. The normalized spacial score (nSPS) is 17.9. The zero-order chi connectivity index (χ0) is 27.3. The molecule has 0 spiro atoms. The average molecular weight is 553 g/mol. The highest BCUT2D eigenvalue weighted by atomic mass is 35.5. The number of halogens is 5. The number of alkyl halides is 3. The molecule has 0 saturated carbocycles. The van der Waals surface area contributed by atoms with Gasteiger partial charge in [-0.15, -0.1) is 0 Å². The minimum Gasteiger partial charge on any atom is -0.374 e. The third kappa shape index (κ3) is 5.20. The Hall–Kier alpha value is -3.04. The van der Waals surface area contributed by atoms with Crippen LogP contribution in [-0.2, 0) is 16.0 Å². The van der Waals surface area contributed by atoms with E-state index in [-0.39, 0.29) is 32.8 Å². The van der Waals surface area contributed by atoms with Crippen molar-refractivity contribution < 1.29 is 22.8 Å². The molecule has 0 fully saturated rings. The molecule has 196 valence electrons. The summed E-state index contributed by atoms with van der Waals surface area (Å²) in [5.41, 5.74) is -1.15. The lowest BCUT2D eigenvalue weighted by molar-refractivity contribution is -0.275. The molecule has 11 heteroatoms. The number of carbonyl (C=O) groups excluding carboxylic acids is 1. The molecule has 0 bridgehead atoms. The molecule has 2 aromatic carbocycles. The summed E-state index contributed by atoms with van der Waals surface area (Å²) < 4.78 is 44.6. The predicted molar refractivity (Wildman–Crippen MR) is 138 cm³/mol. The van der Waals surface area contributed by atoms with E-state index in [0.717, 1.165) is 5.69 Å². The molecule has 0 saturated heterocycles. The molecule has 0 aliphatic carbocycles. The molecule has 1 aliphatic heterocycles. The van der Waals surface area contributed by atoms with Gasteiger partial charge in [0.15, 0.2) is 0 Å². The lowest BCUT2D eigenvalue weighted by Gasteiger charge is -2.29. The Kier molecular flexibility index (Phi) is 6.84. The Morgan fingerprint density at radius 3 is 2.27 bits per heavy atom. The van der Waals surface area contributed by atoms with Crippen molar-refractivity contribution in [2.75, 3.05) is 5.32 Å². The highest BCUT2D eigenvalue weighted by molar-refractivity contribution is 6.34. The summed E-state index contributed by atoms with van der Waals surface area (Å²) in [5.74, 6) is 0.180. The molecule has 1 aromatic heterocycles. The van der Waals surface area contributed by atoms with Gasteiger partial charge in [0.1, 0.15) is 5.82 Å². The predicted octanol–water partition coefficient (Wildman–Crippen LogP) is 7.40. The van der Waals surface area contributed by atoms with E-state index < -0.39 is 18.2 Å². The van der Waals surface area contributed by atoms with E-state index in [4.69, 9.17) is 28.0 Å². The molecule has 1 amide bonds. The molecule has 3 aromatic rings. The van der Waals surface area contributed by atoms with Gasteiger partial charge in [-0.05, 0) is 76.1 Å². The number of nitrogens with zero attached hydrogens (tertiary/aromatic N) is 3. The van der Waals surface area contributed by atoms with Crippen molar-refractivity contribution in [3.63, 3.8) is 0 Å². The fraction of sp³-hybridized carbons (Fsp3) is 0.346. The number of hydrogen-bond donors (Lipinski definition) is 1. The standard InChI is InChI=1S/C26H25Cl2F3N4O2/c1-14-8-16(6-7-20(14)23(36)32-22-9-15(2)33-35(22)24(3,4)5)21-13-25(37-34-21,26(29,30)31)17-10-18(27)12-19(28)11-17/h6-12H,13H2,1-5H3,(H,32,36). The molecule has 2 heterocycles. The van der Waals surface area contributed by atoms with Crippen LogP contribution in [-0.4, -0.2) is 27.6 Å². The van der Waals surface area contributed by atoms with Gasteiger partial charge in [0.05, 0.1) is 16.9 Å². The summed E-state index contributed by atoms with van der Waals surface area (Å²) in [6.07, 6.45) is -5.38. The number of oxime groups is 1. The zero-order valence-electron chi connectivity index (χ0n) is 20.8. The Bertz CT molecular complexity index is 1390. The zero-order valence-corrected chi connectivity index (χ0v) is 22.3. The van der Waals surface area contributed by atoms with Crippen LogP contribution < -0.4 is 5.32 Å². The summed E-state index contributed by atoms with van der Waals surface area (Å²) in [5, 5.41) is 11.2. The van der Waals surface area contributed by atoms with Gasteiger partial charge < -0.3 is 10.2 Å².